The average molecular weight is 1790 g/mol. The highest BCUT2D eigenvalue weighted by Gasteiger charge is 2.34. The van der Waals surface area contributed by atoms with Gasteiger partial charge in [0.25, 0.3) is 0 Å². The van der Waals surface area contributed by atoms with Gasteiger partial charge in [-0.1, -0.05) is 255 Å². The number of hydrogen-bond acceptors (Lipinski definition) is 13. The molecule has 13 heteroatoms. The highest BCUT2D eigenvalue weighted by Crippen LogP contribution is 2.45. The minimum atomic E-state index is 0.148. The first kappa shape index (κ1) is 96.8. The van der Waals surface area contributed by atoms with Crippen LogP contribution in [0.1, 0.15) is 231 Å². The van der Waals surface area contributed by atoms with E-state index in [1.54, 1.807) is 24.3 Å². The van der Waals surface area contributed by atoms with Gasteiger partial charge in [0.1, 0.15) is 23.0 Å². The molecule has 0 spiro atoms. The van der Waals surface area contributed by atoms with Crippen molar-refractivity contribution in [2.75, 3.05) is 104 Å². The highest BCUT2D eigenvalue weighted by atomic mass is 16.3. The molecular formula is C121H139N5O8. The summed E-state index contributed by atoms with van der Waals surface area (Å²) in [6.07, 6.45) is 18.6. The number of piperidine rings is 3. The number of benzene rings is 12. The van der Waals surface area contributed by atoms with Gasteiger partial charge in [-0.05, 0) is 382 Å². The second-order valence-electron chi connectivity index (χ2n) is 37.6. The van der Waals surface area contributed by atoms with Gasteiger partial charge in [0, 0.05) is 76.4 Å². The molecule has 12 aromatic carbocycles. The van der Waals surface area contributed by atoms with Crippen molar-refractivity contribution in [2.45, 2.75) is 165 Å². The third-order valence-electron chi connectivity index (χ3n) is 28.0. The van der Waals surface area contributed by atoms with Crippen molar-refractivity contribution in [1.82, 2.24) is 19.6 Å². The second kappa shape index (κ2) is 49.0. The van der Waals surface area contributed by atoms with Gasteiger partial charge < -0.3 is 60.5 Å². The third kappa shape index (κ3) is 26.5. The van der Waals surface area contributed by atoms with E-state index >= 15 is 0 Å². The largest absolute Gasteiger partial charge is 0.508 e. The smallest absolute Gasteiger partial charge is 0.116 e. The molecule has 0 bridgehead atoms. The van der Waals surface area contributed by atoms with Crippen LogP contribution in [-0.2, 0) is 0 Å². The third-order valence-corrected chi connectivity index (χ3v) is 28.0. The number of rotatable bonds is 31. The molecule has 6 fully saturated rings. The van der Waals surface area contributed by atoms with Gasteiger partial charge in [0.2, 0.25) is 0 Å². The molecule has 696 valence electrons. The summed E-state index contributed by atoms with van der Waals surface area (Å²) in [6, 6.07) is 110. The van der Waals surface area contributed by atoms with E-state index in [1.807, 2.05) is 72.8 Å². The van der Waals surface area contributed by atoms with Crippen LogP contribution in [0.3, 0.4) is 0 Å². The summed E-state index contributed by atoms with van der Waals surface area (Å²) in [7, 11) is 2.20. The van der Waals surface area contributed by atoms with Crippen molar-refractivity contribution in [2.24, 2.45) is 0 Å². The van der Waals surface area contributed by atoms with Gasteiger partial charge in [0.05, 0.1) is 0 Å². The van der Waals surface area contributed by atoms with Crippen molar-refractivity contribution in [3.05, 3.63) is 399 Å². The SMILES string of the molecule is CC(C)N1CCC(c2cccc(/C(=C(/CCCO)c3ccccc3)c3cccc(O)c3)c2)CC1.CN1CCC(c2ccc(/C(=C(/CCCO)c3ccccc3)c3cccc(O)c3)cc2)CC1.OCCC/C(=C(/c1ccc(N2CCN(C3CC3)CC2)cc1)c1cccc(O)c1)c1ccccc1.OCCC/C(=C(\c1cccc(O)c1)c1cccc(C2CCN(C3CC3)CC2)c1)c1ccccc1. The fourth-order valence-corrected chi connectivity index (χ4v) is 20.5. The van der Waals surface area contributed by atoms with Gasteiger partial charge >= 0.3 is 0 Å². The molecule has 0 aromatic heterocycles. The van der Waals surface area contributed by atoms with Crippen molar-refractivity contribution >= 4 is 50.3 Å². The molecule has 0 unspecified atom stereocenters. The molecule has 0 atom stereocenters. The predicted octanol–water partition coefficient (Wildman–Crippen LogP) is 24.5. The van der Waals surface area contributed by atoms with Crippen LogP contribution in [0.4, 0.5) is 5.69 Å². The summed E-state index contributed by atoms with van der Waals surface area (Å²) in [5.74, 6) is 2.84. The molecule has 13 nitrogen and oxygen atoms in total. The Morgan fingerprint density at radius 3 is 0.851 bits per heavy atom. The van der Waals surface area contributed by atoms with Crippen LogP contribution in [0.25, 0.3) is 44.6 Å². The van der Waals surface area contributed by atoms with Crippen molar-refractivity contribution in [3.8, 4) is 23.0 Å². The van der Waals surface area contributed by atoms with E-state index in [2.05, 4.69) is 264 Å². The first-order valence-corrected chi connectivity index (χ1v) is 49.5. The lowest BCUT2D eigenvalue weighted by molar-refractivity contribution is 0.172. The molecule has 134 heavy (non-hydrogen) atoms. The van der Waals surface area contributed by atoms with E-state index in [0.29, 0.717) is 49.5 Å². The van der Waals surface area contributed by atoms with Crippen molar-refractivity contribution in [1.29, 1.82) is 0 Å². The molecule has 0 amide bonds. The summed E-state index contributed by atoms with van der Waals surface area (Å²) in [4.78, 5) is 12.8. The number of aliphatic hydroxyl groups is 4. The lowest BCUT2D eigenvalue weighted by Crippen LogP contribution is -2.47. The molecule has 2 saturated carbocycles. The number of aliphatic hydroxyl groups excluding tert-OH is 4. The summed E-state index contributed by atoms with van der Waals surface area (Å²) < 4.78 is 0. The zero-order chi connectivity index (χ0) is 92.9. The van der Waals surface area contributed by atoms with E-state index in [9.17, 15) is 40.9 Å². The molecule has 2 aliphatic carbocycles. The number of nitrogens with zero attached hydrogens (tertiary/aromatic N) is 5. The lowest BCUT2D eigenvalue weighted by atomic mass is 9.83. The molecule has 4 aliphatic heterocycles. The van der Waals surface area contributed by atoms with E-state index < -0.39 is 0 Å². The van der Waals surface area contributed by atoms with Crippen LogP contribution in [0.15, 0.2) is 315 Å². The Kier molecular flexibility index (Phi) is 35.4. The summed E-state index contributed by atoms with van der Waals surface area (Å²) in [6.45, 7) is 16.7. The summed E-state index contributed by atoms with van der Waals surface area (Å²) in [5, 5.41) is 79.5. The van der Waals surface area contributed by atoms with Gasteiger partial charge in [-0.25, -0.2) is 0 Å². The monoisotopic (exact) mass is 1790 g/mol. The number of phenolic OH excluding ortho intramolecular Hbond substituents is 4. The number of likely N-dealkylation sites (tertiary alicyclic amines) is 3. The Balaban J connectivity index is 0.000000136. The van der Waals surface area contributed by atoms with Crippen LogP contribution < -0.4 is 4.90 Å². The van der Waals surface area contributed by atoms with E-state index in [-0.39, 0.29) is 49.4 Å². The van der Waals surface area contributed by atoms with E-state index in [0.717, 1.165) is 168 Å². The maximum absolute atomic E-state index is 10.3. The predicted molar refractivity (Wildman–Crippen MR) is 554 cm³/mol. The molecule has 0 radical (unpaired) electrons. The first-order chi connectivity index (χ1) is 65.7. The fourth-order valence-electron chi connectivity index (χ4n) is 20.5. The van der Waals surface area contributed by atoms with Crippen LogP contribution in [-0.4, -0.2) is 178 Å². The number of hydrogen-bond donors (Lipinski definition) is 8. The lowest BCUT2D eigenvalue weighted by Gasteiger charge is -2.36. The minimum Gasteiger partial charge on any atom is -0.508 e. The summed E-state index contributed by atoms with van der Waals surface area (Å²) >= 11 is 0. The maximum Gasteiger partial charge on any atom is 0.116 e. The van der Waals surface area contributed by atoms with Crippen LogP contribution in [0, 0.1) is 0 Å². The quantitative estimate of drug-likeness (QED) is 0.0193. The van der Waals surface area contributed by atoms with E-state index in [4.69, 9.17) is 0 Å². The second-order valence-corrected chi connectivity index (χ2v) is 37.6. The zero-order valence-electron chi connectivity index (χ0n) is 78.9. The molecule has 18 rings (SSSR count). The topological polar surface area (TPSA) is 178 Å². The Labute approximate surface area is 796 Å². The standard InChI is InChI=1S/C31H35NO2.C31H37NO2.C30H34N2O2.C29H33NO2/c33-20-6-13-30(24-7-2-1-3-8-24)31(27-11-5-12-29(34)22-27)26-10-4-9-25(21-26)23-16-18-32(19-17-23)28-14-15-28;1-23(2)32-18-16-24(17-19-32)26-11-6-12-27(21-26)31(28-13-7-14-29(34)22-28)30(15-8-20-33)25-9-4-3-5-10-25;33-21-5-10-29(23-6-2-1-3-7-23)30(25-8-4-9-28(34)22-25)24-11-13-26(14-12-24)31-17-19-32(20-18-31)27-15-16-27;1-30-18-16-23(17-19-30)22-12-14-25(15-13-22)29(26-9-5-10-27(32)21-26)28(11-6-20-31)24-7-3-2-4-8-24/h1-5,7-12,21-23,28,33-34H,6,13-20H2;3-7,9-14,21-24,33-34H,8,15-20H2,1-2H3;1-4,6-9,11-14,22,27,33-34H,5,10,15-21H2;2-5,7-10,12-15,21,23,31-32H,6,11,16-20H2,1H3/b2*31-30+;30-29+;29-28+. The molecule has 4 heterocycles. The van der Waals surface area contributed by atoms with Crippen molar-refractivity contribution < 1.29 is 40.9 Å². The Morgan fingerprint density at radius 2 is 0.537 bits per heavy atom. The molecular weight excluding hydrogens is 1650 g/mol. The Morgan fingerprint density at radius 1 is 0.261 bits per heavy atom. The van der Waals surface area contributed by atoms with Crippen LogP contribution >= 0.6 is 0 Å². The fraction of sp³-hybridized carbons (Fsp3) is 0.339. The Hall–Kier alpha value is -11.7. The number of piperazine rings is 1. The van der Waals surface area contributed by atoms with Gasteiger partial charge in [-0.3, -0.25) is 4.90 Å². The van der Waals surface area contributed by atoms with Crippen LogP contribution in [0.2, 0.25) is 0 Å². The average Bonchev–Trinajstić information content (AvgIpc) is 1.40. The zero-order valence-corrected chi connectivity index (χ0v) is 78.9. The van der Waals surface area contributed by atoms with Gasteiger partial charge in [-0.2, -0.15) is 0 Å². The van der Waals surface area contributed by atoms with Gasteiger partial charge in [0.15, 0.2) is 0 Å². The maximum atomic E-state index is 10.3. The van der Waals surface area contributed by atoms with Crippen molar-refractivity contribution in [3.63, 3.8) is 0 Å². The van der Waals surface area contributed by atoms with Gasteiger partial charge in [-0.15, -0.1) is 0 Å². The van der Waals surface area contributed by atoms with Crippen LogP contribution in [0.5, 0.6) is 23.0 Å². The first-order valence-electron chi connectivity index (χ1n) is 49.5. The Bertz CT molecular complexity index is 5620. The number of phenols is 4. The molecule has 12 aromatic rings. The number of anilines is 1. The summed E-state index contributed by atoms with van der Waals surface area (Å²) in [5.41, 5.74) is 28.0. The molecule has 4 saturated heterocycles. The number of aromatic hydroxyl groups is 4. The van der Waals surface area contributed by atoms with E-state index in [1.165, 1.54) is 133 Å². The molecule has 6 aliphatic rings. The minimum absolute atomic E-state index is 0.148. The normalized spacial score (nSPS) is 16.9. The highest BCUT2D eigenvalue weighted by molar-refractivity contribution is 6.02. The molecule has 8 N–H and O–H groups in total. The number of allylic oxidation sites excluding steroid dienone is 4.